The summed E-state index contributed by atoms with van der Waals surface area (Å²) in [6.45, 7) is 2.76. The normalized spacial score (nSPS) is 16.0. The van der Waals surface area contributed by atoms with E-state index in [1.165, 1.54) is 10.5 Å². The number of methoxy groups -OCH3 is 1. The highest BCUT2D eigenvalue weighted by Crippen LogP contribution is 2.25. The molecule has 138 valence electrons. The highest BCUT2D eigenvalue weighted by molar-refractivity contribution is 6.35. The van der Waals surface area contributed by atoms with E-state index in [1.54, 1.807) is 25.3 Å². The number of ether oxygens (including phenoxy) is 1. The van der Waals surface area contributed by atoms with Gasteiger partial charge >= 0.3 is 0 Å². The summed E-state index contributed by atoms with van der Waals surface area (Å²) in [5.74, 6) is 0.785. The van der Waals surface area contributed by atoms with Crippen LogP contribution in [0.5, 0.6) is 5.75 Å². The SMILES string of the molecule is COc1ccc(C[NH+](C2CC2)[C@@H](C)C(=O)Nc2cc(Cl)ccc2Cl)cc1. The summed E-state index contributed by atoms with van der Waals surface area (Å²) in [6, 6.07) is 13.4. The maximum atomic E-state index is 12.8. The molecule has 2 atom stereocenters. The fraction of sp³-hybridized carbons (Fsp3) is 0.350. The van der Waals surface area contributed by atoms with Gasteiger partial charge in [-0.3, -0.25) is 4.79 Å². The Kier molecular flexibility index (Phi) is 6.07. The van der Waals surface area contributed by atoms with Gasteiger partial charge in [-0.1, -0.05) is 23.2 Å². The largest absolute Gasteiger partial charge is 0.497 e. The predicted octanol–water partition coefficient (Wildman–Crippen LogP) is 3.58. The molecule has 1 fully saturated rings. The fourth-order valence-corrected chi connectivity index (χ4v) is 3.42. The Morgan fingerprint density at radius 3 is 2.54 bits per heavy atom. The molecule has 2 aromatic carbocycles. The van der Waals surface area contributed by atoms with Gasteiger partial charge in [0.15, 0.2) is 6.04 Å². The summed E-state index contributed by atoms with van der Waals surface area (Å²) >= 11 is 12.2. The van der Waals surface area contributed by atoms with Gasteiger partial charge in [0.05, 0.1) is 23.9 Å². The summed E-state index contributed by atoms with van der Waals surface area (Å²) in [4.78, 5) is 14.1. The van der Waals surface area contributed by atoms with Crippen molar-refractivity contribution >= 4 is 34.8 Å². The van der Waals surface area contributed by atoms with Crippen LogP contribution in [0.4, 0.5) is 5.69 Å². The zero-order valence-electron chi connectivity index (χ0n) is 14.9. The maximum Gasteiger partial charge on any atom is 0.282 e. The van der Waals surface area contributed by atoms with Crippen molar-refractivity contribution in [3.05, 3.63) is 58.1 Å². The third-order valence-electron chi connectivity index (χ3n) is 4.80. The Hall–Kier alpha value is -1.75. The van der Waals surface area contributed by atoms with Crippen LogP contribution in [-0.4, -0.2) is 25.1 Å². The highest BCUT2D eigenvalue weighted by Gasteiger charge is 2.39. The number of rotatable bonds is 7. The lowest BCUT2D eigenvalue weighted by Crippen LogP contribution is -3.16. The van der Waals surface area contributed by atoms with Gasteiger partial charge in [0, 0.05) is 23.4 Å². The Morgan fingerprint density at radius 2 is 1.92 bits per heavy atom. The third kappa shape index (κ3) is 4.70. The number of halogens is 2. The minimum absolute atomic E-state index is 0.0513. The van der Waals surface area contributed by atoms with Crippen molar-refractivity contribution in [1.29, 1.82) is 0 Å². The molecule has 1 aliphatic rings. The molecule has 4 nitrogen and oxygen atoms in total. The Morgan fingerprint density at radius 1 is 1.23 bits per heavy atom. The first-order valence-corrected chi connectivity index (χ1v) is 9.48. The molecule has 3 rings (SSSR count). The van der Waals surface area contributed by atoms with E-state index >= 15 is 0 Å². The van der Waals surface area contributed by atoms with Crippen molar-refractivity contribution in [2.75, 3.05) is 12.4 Å². The lowest BCUT2D eigenvalue weighted by Gasteiger charge is -2.25. The monoisotopic (exact) mass is 393 g/mol. The molecule has 0 radical (unpaired) electrons. The Balaban J connectivity index is 1.70. The van der Waals surface area contributed by atoms with Gasteiger partial charge in [-0.25, -0.2) is 0 Å². The predicted molar refractivity (Wildman–Crippen MR) is 105 cm³/mol. The van der Waals surface area contributed by atoms with Crippen LogP contribution in [0, 0.1) is 0 Å². The van der Waals surface area contributed by atoms with E-state index in [0.717, 1.165) is 25.1 Å². The molecule has 1 saturated carbocycles. The van der Waals surface area contributed by atoms with Crippen molar-refractivity contribution in [2.45, 2.75) is 38.4 Å². The fourth-order valence-electron chi connectivity index (χ4n) is 3.09. The van der Waals surface area contributed by atoms with Crippen molar-refractivity contribution < 1.29 is 14.4 Å². The minimum atomic E-state index is -0.195. The number of nitrogens with one attached hydrogen (secondary N) is 2. The first-order valence-electron chi connectivity index (χ1n) is 8.72. The lowest BCUT2D eigenvalue weighted by atomic mass is 10.1. The van der Waals surface area contributed by atoms with Crippen LogP contribution in [-0.2, 0) is 11.3 Å². The van der Waals surface area contributed by atoms with Gasteiger partial charge in [-0.05, 0) is 49.4 Å². The first kappa shape index (κ1) is 19.0. The lowest BCUT2D eigenvalue weighted by molar-refractivity contribution is -0.938. The maximum absolute atomic E-state index is 12.8. The molecule has 6 heteroatoms. The van der Waals surface area contributed by atoms with Gasteiger partial charge in [0.25, 0.3) is 5.91 Å². The first-order chi connectivity index (χ1) is 12.5. The average molecular weight is 394 g/mol. The number of anilines is 1. The van der Waals surface area contributed by atoms with Crippen LogP contribution in [0.1, 0.15) is 25.3 Å². The van der Waals surface area contributed by atoms with Crippen LogP contribution in [0.15, 0.2) is 42.5 Å². The number of carbonyl (C=O) groups is 1. The van der Waals surface area contributed by atoms with Gasteiger partial charge < -0.3 is 15.0 Å². The van der Waals surface area contributed by atoms with Crippen molar-refractivity contribution in [1.82, 2.24) is 0 Å². The van der Waals surface area contributed by atoms with E-state index in [2.05, 4.69) is 17.4 Å². The molecule has 2 aromatic rings. The number of benzene rings is 2. The van der Waals surface area contributed by atoms with Crippen molar-refractivity contribution in [3.8, 4) is 5.75 Å². The van der Waals surface area contributed by atoms with Crippen molar-refractivity contribution in [2.24, 2.45) is 0 Å². The molecule has 2 N–H and O–H groups in total. The second kappa shape index (κ2) is 8.30. The van der Waals surface area contributed by atoms with Crippen LogP contribution >= 0.6 is 23.2 Å². The molecule has 0 spiro atoms. The molecule has 1 unspecified atom stereocenters. The van der Waals surface area contributed by atoms with Crippen LogP contribution < -0.4 is 15.0 Å². The van der Waals surface area contributed by atoms with E-state index in [-0.39, 0.29) is 11.9 Å². The quantitative estimate of drug-likeness (QED) is 0.754. The number of carbonyl (C=O) groups excluding carboxylic acids is 1. The van der Waals surface area contributed by atoms with Gasteiger partial charge in [0.2, 0.25) is 0 Å². The summed E-state index contributed by atoms with van der Waals surface area (Å²) in [5, 5.41) is 3.95. The number of hydrogen-bond acceptors (Lipinski definition) is 2. The van der Waals surface area contributed by atoms with Gasteiger partial charge in [-0.2, -0.15) is 0 Å². The van der Waals surface area contributed by atoms with Crippen molar-refractivity contribution in [3.63, 3.8) is 0 Å². The van der Waals surface area contributed by atoms with Gasteiger partial charge in [0.1, 0.15) is 12.3 Å². The topological polar surface area (TPSA) is 42.8 Å². The average Bonchev–Trinajstić information content (AvgIpc) is 3.47. The molecule has 1 amide bonds. The van der Waals surface area contributed by atoms with E-state index in [0.29, 0.717) is 21.8 Å². The molecule has 0 heterocycles. The van der Waals surface area contributed by atoms with Crippen LogP contribution in [0.25, 0.3) is 0 Å². The Bertz CT molecular complexity index is 776. The zero-order valence-corrected chi connectivity index (χ0v) is 16.4. The molecule has 1 aliphatic carbocycles. The second-order valence-corrected chi connectivity index (χ2v) is 7.55. The second-order valence-electron chi connectivity index (χ2n) is 6.71. The minimum Gasteiger partial charge on any atom is -0.497 e. The number of quaternary nitrogens is 1. The standard InChI is InChI=1S/C20H22Cl2N2O2/c1-13(20(25)23-19-11-15(21)5-10-18(19)22)24(16-6-7-16)12-14-3-8-17(26-2)9-4-14/h3-5,8-11,13,16H,6-7,12H2,1-2H3,(H,23,25)/p+1/t13-/m0/s1. The molecular weight excluding hydrogens is 371 g/mol. The number of amides is 1. The molecule has 26 heavy (non-hydrogen) atoms. The van der Waals surface area contributed by atoms with Crippen LogP contribution in [0.3, 0.4) is 0 Å². The molecule has 0 saturated heterocycles. The van der Waals surface area contributed by atoms with E-state index in [4.69, 9.17) is 27.9 Å². The van der Waals surface area contributed by atoms with E-state index in [1.807, 2.05) is 19.1 Å². The summed E-state index contributed by atoms with van der Waals surface area (Å²) in [6.07, 6.45) is 2.31. The molecule has 0 aromatic heterocycles. The third-order valence-corrected chi connectivity index (χ3v) is 5.37. The summed E-state index contributed by atoms with van der Waals surface area (Å²) < 4.78 is 5.21. The highest BCUT2D eigenvalue weighted by atomic mass is 35.5. The van der Waals surface area contributed by atoms with E-state index in [9.17, 15) is 4.79 Å². The molecule has 0 bridgehead atoms. The Labute approximate surface area is 164 Å². The summed E-state index contributed by atoms with van der Waals surface area (Å²) in [5.41, 5.74) is 1.74. The molecular formula is C20H23Cl2N2O2+. The number of hydrogen-bond donors (Lipinski definition) is 2. The van der Waals surface area contributed by atoms with Gasteiger partial charge in [-0.15, -0.1) is 0 Å². The molecule has 0 aliphatic heterocycles. The smallest absolute Gasteiger partial charge is 0.282 e. The zero-order chi connectivity index (χ0) is 18.7. The van der Waals surface area contributed by atoms with E-state index < -0.39 is 0 Å². The van der Waals surface area contributed by atoms with Crippen LogP contribution in [0.2, 0.25) is 10.0 Å². The summed E-state index contributed by atoms with van der Waals surface area (Å²) in [7, 11) is 1.66.